The van der Waals surface area contributed by atoms with Gasteiger partial charge in [-0.2, -0.15) is 0 Å². The predicted molar refractivity (Wildman–Crippen MR) is 83.8 cm³/mol. The molecule has 2 rings (SSSR count). The maximum atomic E-state index is 12.1. The van der Waals surface area contributed by atoms with Crippen molar-refractivity contribution in [2.24, 2.45) is 0 Å². The van der Waals surface area contributed by atoms with Crippen molar-refractivity contribution in [2.75, 3.05) is 5.32 Å². The highest BCUT2D eigenvalue weighted by Gasteiger charge is 2.18. The van der Waals surface area contributed by atoms with Crippen LogP contribution in [0.4, 0.5) is 5.69 Å². The molecule has 0 aliphatic carbocycles. The van der Waals surface area contributed by atoms with Gasteiger partial charge < -0.3 is 15.4 Å². The first-order valence-corrected chi connectivity index (χ1v) is 7.20. The Morgan fingerprint density at radius 1 is 1.19 bits per heavy atom. The molecule has 0 aliphatic rings. The molecule has 21 heavy (non-hydrogen) atoms. The lowest BCUT2D eigenvalue weighted by molar-refractivity contribution is 0.0698. The zero-order valence-electron chi connectivity index (χ0n) is 10.3. The Balaban J connectivity index is 2.45. The summed E-state index contributed by atoms with van der Waals surface area (Å²) in [4.78, 5) is 37.3. The lowest BCUT2D eigenvalue weighted by atomic mass is 10.1. The Morgan fingerprint density at radius 3 is 2.52 bits per heavy atom. The van der Waals surface area contributed by atoms with Crippen LogP contribution < -0.4 is 10.9 Å². The van der Waals surface area contributed by atoms with Crippen LogP contribution in [0, 0.1) is 0 Å². The van der Waals surface area contributed by atoms with E-state index in [9.17, 15) is 19.5 Å². The average Bonchev–Trinajstić information content (AvgIpc) is 2.41. The van der Waals surface area contributed by atoms with Crippen LogP contribution in [0.2, 0.25) is 0 Å². The molecule has 0 saturated carbocycles. The largest absolute Gasteiger partial charge is 0.478 e. The fourth-order valence-corrected chi connectivity index (χ4v) is 2.97. The minimum atomic E-state index is -1.20. The van der Waals surface area contributed by atoms with Crippen LogP contribution in [0.5, 0.6) is 0 Å². The molecule has 1 aromatic heterocycles. The molecule has 0 saturated heterocycles. The number of aromatic nitrogens is 1. The van der Waals surface area contributed by atoms with Crippen molar-refractivity contribution in [2.45, 2.75) is 0 Å². The third kappa shape index (κ3) is 3.40. The molecular formula is C13H8Br2N2O4. The number of rotatable bonds is 3. The van der Waals surface area contributed by atoms with Gasteiger partial charge >= 0.3 is 5.97 Å². The van der Waals surface area contributed by atoms with Gasteiger partial charge in [0.1, 0.15) is 5.56 Å². The number of H-pyrrole nitrogens is 1. The molecule has 2 aromatic rings. The summed E-state index contributed by atoms with van der Waals surface area (Å²) < 4.78 is 0.928. The molecule has 3 N–H and O–H groups in total. The SMILES string of the molecule is O=C(O)c1cc(Br)cc(Br)c1NC(=O)c1ccc[nH]c1=O. The van der Waals surface area contributed by atoms with Gasteiger partial charge in [0.25, 0.3) is 11.5 Å². The molecule has 0 fully saturated rings. The first-order valence-electron chi connectivity index (χ1n) is 5.61. The maximum absolute atomic E-state index is 12.1. The van der Waals surface area contributed by atoms with Crippen molar-refractivity contribution in [3.63, 3.8) is 0 Å². The Bertz CT molecular complexity index is 786. The summed E-state index contributed by atoms with van der Waals surface area (Å²) >= 11 is 6.37. The maximum Gasteiger partial charge on any atom is 0.337 e. The van der Waals surface area contributed by atoms with Crippen LogP contribution in [0.1, 0.15) is 20.7 Å². The Kier molecular flexibility index (Phi) is 4.59. The predicted octanol–water partition coefficient (Wildman–Crippen LogP) is 2.85. The molecule has 1 aromatic carbocycles. The van der Waals surface area contributed by atoms with Crippen molar-refractivity contribution in [1.82, 2.24) is 4.98 Å². The first-order chi connectivity index (χ1) is 9.90. The number of amides is 1. The number of benzene rings is 1. The summed E-state index contributed by atoms with van der Waals surface area (Å²) in [6.07, 6.45) is 1.40. The van der Waals surface area contributed by atoms with E-state index in [0.29, 0.717) is 8.95 Å². The molecule has 8 heteroatoms. The van der Waals surface area contributed by atoms with E-state index in [2.05, 4.69) is 42.2 Å². The Morgan fingerprint density at radius 2 is 1.90 bits per heavy atom. The van der Waals surface area contributed by atoms with E-state index < -0.39 is 17.4 Å². The van der Waals surface area contributed by atoms with E-state index in [1.54, 1.807) is 6.07 Å². The minimum absolute atomic E-state index is 0.0824. The number of carbonyl (C=O) groups excluding carboxylic acids is 1. The summed E-state index contributed by atoms with van der Waals surface area (Å²) in [7, 11) is 0. The van der Waals surface area contributed by atoms with Crippen LogP contribution >= 0.6 is 31.9 Å². The number of aromatic amines is 1. The number of hydrogen-bond acceptors (Lipinski definition) is 3. The van der Waals surface area contributed by atoms with Crippen LogP contribution in [0.25, 0.3) is 0 Å². The highest BCUT2D eigenvalue weighted by atomic mass is 79.9. The summed E-state index contributed by atoms with van der Waals surface area (Å²) in [6, 6.07) is 5.81. The van der Waals surface area contributed by atoms with E-state index in [4.69, 9.17) is 0 Å². The lowest BCUT2D eigenvalue weighted by Gasteiger charge is -2.11. The van der Waals surface area contributed by atoms with Crippen molar-refractivity contribution < 1.29 is 14.7 Å². The van der Waals surface area contributed by atoms with E-state index >= 15 is 0 Å². The van der Waals surface area contributed by atoms with Crippen LogP contribution in [0.15, 0.2) is 44.2 Å². The Hall–Kier alpha value is -1.93. The molecule has 1 heterocycles. The number of aromatic carboxylic acids is 1. The summed E-state index contributed by atoms with van der Waals surface area (Å²) in [5.41, 5.74) is -0.681. The zero-order valence-corrected chi connectivity index (χ0v) is 13.5. The number of hydrogen-bond donors (Lipinski definition) is 3. The number of carbonyl (C=O) groups is 2. The zero-order chi connectivity index (χ0) is 15.6. The second-order valence-electron chi connectivity index (χ2n) is 3.98. The van der Waals surface area contributed by atoms with Crippen LogP contribution in [-0.2, 0) is 0 Å². The average molecular weight is 416 g/mol. The summed E-state index contributed by atoms with van der Waals surface area (Å²) in [6.45, 7) is 0. The third-order valence-corrected chi connectivity index (χ3v) is 3.67. The number of carboxylic acid groups (broad SMARTS) is 1. The van der Waals surface area contributed by atoms with Crippen LogP contribution in [0.3, 0.4) is 0 Å². The molecular weight excluding hydrogens is 408 g/mol. The van der Waals surface area contributed by atoms with Gasteiger partial charge in [-0.3, -0.25) is 9.59 Å². The van der Waals surface area contributed by atoms with Gasteiger partial charge in [-0.05, 0) is 40.2 Å². The van der Waals surface area contributed by atoms with Gasteiger partial charge in [0, 0.05) is 15.1 Å². The number of nitrogens with one attached hydrogen (secondary N) is 2. The van der Waals surface area contributed by atoms with Gasteiger partial charge in [-0.25, -0.2) is 4.79 Å². The molecule has 0 bridgehead atoms. The van der Waals surface area contributed by atoms with Gasteiger partial charge in [0.2, 0.25) is 0 Å². The van der Waals surface area contributed by atoms with Gasteiger partial charge in [-0.1, -0.05) is 15.9 Å². The first kappa shape index (κ1) is 15.5. The number of halogens is 2. The fraction of sp³-hybridized carbons (Fsp3) is 0. The summed E-state index contributed by atoms with van der Waals surface area (Å²) in [5, 5.41) is 11.6. The van der Waals surface area contributed by atoms with Crippen molar-refractivity contribution in [3.8, 4) is 0 Å². The molecule has 0 radical (unpaired) electrons. The monoisotopic (exact) mass is 414 g/mol. The van der Waals surface area contributed by atoms with Crippen LogP contribution in [-0.4, -0.2) is 22.0 Å². The second kappa shape index (κ2) is 6.23. The third-order valence-electron chi connectivity index (χ3n) is 2.59. The smallest absolute Gasteiger partial charge is 0.337 e. The topological polar surface area (TPSA) is 99.3 Å². The normalized spacial score (nSPS) is 10.2. The van der Waals surface area contributed by atoms with E-state index in [1.807, 2.05) is 0 Å². The van der Waals surface area contributed by atoms with E-state index in [-0.39, 0.29) is 16.8 Å². The molecule has 6 nitrogen and oxygen atoms in total. The van der Waals surface area contributed by atoms with Gasteiger partial charge in [-0.15, -0.1) is 0 Å². The van der Waals surface area contributed by atoms with Gasteiger partial charge in [0.05, 0.1) is 11.3 Å². The number of carboxylic acids is 1. The standard InChI is InChI=1S/C13H8Br2N2O4/c14-6-4-8(13(20)21)10(9(15)5-6)17-12(19)7-2-1-3-16-11(7)18/h1-5H,(H,16,18)(H,17,19)(H,20,21). The summed E-state index contributed by atoms with van der Waals surface area (Å²) in [5.74, 6) is -1.89. The lowest BCUT2D eigenvalue weighted by Crippen LogP contribution is -2.23. The molecule has 0 aliphatic heterocycles. The highest BCUT2D eigenvalue weighted by Crippen LogP contribution is 2.31. The number of anilines is 1. The minimum Gasteiger partial charge on any atom is -0.478 e. The molecule has 0 spiro atoms. The van der Waals surface area contributed by atoms with E-state index in [1.165, 1.54) is 24.4 Å². The van der Waals surface area contributed by atoms with Crippen molar-refractivity contribution >= 4 is 49.4 Å². The molecule has 0 atom stereocenters. The Labute approximate surface area is 135 Å². The molecule has 0 unspecified atom stereocenters. The highest BCUT2D eigenvalue weighted by molar-refractivity contribution is 9.11. The second-order valence-corrected chi connectivity index (χ2v) is 5.75. The van der Waals surface area contributed by atoms with Gasteiger partial charge in [0.15, 0.2) is 0 Å². The quantitative estimate of drug-likeness (QED) is 0.717. The van der Waals surface area contributed by atoms with E-state index in [0.717, 1.165) is 0 Å². The molecule has 108 valence electrons. The molecule has 1 amide bonds. The fourth-order valence-electron chi connectivity index (χ4n) is 1.65. The van der Waals surface area contributed by atoms with Crippen molar-refractivity contribution in [1.29, 1.82) is 0 Å². The van der Waals surface area contributed by atoms with Crippen molar-refractivity contribution in [3.05, 3.63) is 60.9 Å². The number of pyridine rings is 1.